The topological polar surface area (TPSA) is 150 Å². The van der Waals surface area contributed by atoms with Crippen molar-refractivity contribution in [1.82, 2.24) is 29.3 Å². The van der Waals surface area contributed by atoms with Crippen LogP contribution in [0.25, 0.3) is 4.96 Å². The highest BCUT2D eigenvalue weighted by Gasteiger charge is 2.28. The van der Waals surface area contributed by atoms with Gasteiger partial charge in [-0.2, -0.15) is 28.0 Å². The van der Waals surface area contributed by atoms with Crippen molar-refractivity contribution < 1.29 is 22.7 Å². The second-order valence-electron chi connectivity index (χ2n) is 4.86. The third-order valence-electron chi connectivity index (χ3n) is 3.03. The molecule has 2 amide bonds. The van der Waals surface area contributed by atoms with Gasteiger partial charge in [0.25, 0.3) is 10.0 Å². The number of urea groups is 1. The molecule has 0 atom stereocenters. The van der Waals surface area contributed by atoms with Crippen molar-refractivity contribution in [2.45, 2.75) is 11.9 Å². The summed E-state index contributed by atoms with van der Waals surface area (Å²) in [5, 5.41) is 6.01. The molecule has 0 bridgehead atoms. The molecule has 3 aromatic heterocycles. The highest BCUT2D eigenvalue weighted by molar-refractivity contribution is 7.90. The van der Waals surface area contributed by atoms with Crippen LogP contribution in [0.15, 0.2) is 11.1 Å². The third-order valence-corrected chi connectivity index (χ3v) is 5.56. The van der Waals surface area contributed by atoms with E-state index in [0.29, 0.717) is 5.01 Å². The van der Waals surface area contributed by atoms with Gasteiger partial charge < -0.3 is 9.47 Å². The summed E-state index contributed by atoms with van der Waals surface area (Å²) in [5.74, 6) is -0.00933. The smallest absolute Gasteiger partial charge is 0.335 e. The van der Waals surface area contributed by atoms with Gasteiger partial charge in [0.2, 0.25) is 27.7 Å². The first-order valence-electron chi connectivity index (χ1n) is 7.06. The number of fused-ring (bicyclic) bond motifs is 1. The van der Waals surface area contributed by atoms with E-state index in [1.165, 1.54) is 20.3 Å². The molecule has 12 nitrogen and oxygen atoms in total. The molecule has 0 saturated carbocycles. The molecule has 0 aliphatic carbocycles. The van der Waals surface area contributed by atoms with Gasteiger partial charge in [-0.1, -0.05) is 22.9 Å². The predicted molar refractivity (Wildman–Crippen MR) is 95.1 cm³/mol. The number of nitrogens with one attached hydrogen (secondary N) is 2. The summed E-state index contributed by atoms with van der Waals surface area (Å²) in [6, 6.07) is 0.260. The first kappa shape index (κ1) is 19.1. The van der Waals surface area contributed by atoms with Crippen molar-refractivity contribution in [3.05, 3.63) is 16.2 Å². The number of ether oxygens (including phenoxy) is 2. The molecule has 0 spiro atoms. The Morgan fingerprint density at radius 1 is 1.22 bits per heavy atom. The van der Waals surface area contributed by atoms with Gasteiger partial charge in [0, 0.05) is 0 Å². The van der Waals surface area contributed by atoms with Gasteiger partial charge in [0.15, 0.2) is 5.15 Å². The average molecular weight is 434 g/mol. The number of amides is 2. The van der Waals surface area contributed by atoms with Gasteiger partial charge in [0.05, 0.1) is 20.3 Å². The molecule has 2 N–H and O–H groups in total. The van der Waals surface area contributed by atoms with Crippen LogP contribution in [0.1, 0.15) is 5.01 Å². The van der Waals surface area contributed by atoms with Gasteiger partial charge in [-0.25, -0.2) is 14.5 Å². The molecule has 3 heterocycles. The van der Waals surface area contributed by atoms with Gasteiger partial charge in [0.1, 0.15) is 5.01 Å². The highest BCUT2D eigenvalue weighted by Crippen LogP contribution is 2.25. The Kier molecular flexibility index (Phi) is 5.03. The summed E-state index contributed by atoms with van der Waals surface area (Å²) < 4.78 is 37.8. The lowest BCUT2D eigenvalue weighted by Crippen LogP contribution is -2.35. The number of hydrogen-bond acceptors (Lipinski definition) is 10. The minimum Gasteiger partial charge on any atom is -0.481 e. The van der Waals surface area contributed by atoms with Crippen LogP contribution in [0.5, 0.6) is 11.8 Å². The molecule has 0 saturated heterocycles. The Bertz CT molecular complexity index is 1100. The molecule has 0 aliphatic rings. The largest absolute Gasteiger partial charge is 0.481 e. The van der Waals surface area contributed by atoms with Crippen molar-refractivity contribution in [3.8, 4) is 11.8 Å². The summed E-state index contributed by atoms with van der Waals surface area (Å²) in [4.78, 5) is 24.0. The number of rotatable bonds is 5. The van der Waals surface area contributed by atoms with E-state index in [4.69, 9.17) is 21.1 Å². The number of anilines is 1. The number of aromatic nitrogens is 5. The molecule has 144 valence electrons. The number of carbonyl (C=O) groups is 1. The minimum absolute atomic E-state index is 0.110. The molecule has 0 fully saturated rings. The van der Waals surface area contributed by atoms with Crippen LogP contribution in [0.2, 0.25) is 5.15 Å². The summed E-state index contributed by atoms with van der Waals surface area (Å²) in [6.45, 7) is 1.68. The van der Waals surface area contributed by atoms with Crippen LogP contribution in [0, 0.1) is 6.92 Å². The van der Waals surface area contributed by atoms with E-state index >= 15 is 0 Å². The summed E-state index contributed by atoms with van der Waals surface area (Å²) in [5.41, 5.74) is 0. The van der Waals surface area contributed by atoms with Crippen molar-refractivity contribution in [2.75, 3.05) is 19.5 Å². The second kappa shape index (κ2) is 7.13. The molecule has 0 unspecified atom stereocenters. The number of hydrogen-bond donors (Lipinski definition) is 2. The molecule has 0 aromatic carbocycles. The van der Waals surface area contributed by atoms with Crippen LogP contribution in [0.3, 0.4) is 0 Å². The van der Waals surface area contributed by atoms with E-state index in [2.05, 4.69) is 25.4 Å². The Hall–Kier alpha value is -2.71. The SMILES string of the molecule is COc1cc(OC)nc(NC(=O)NS(=O)(=O)c2c(Cl)nc3sc(C)nn23)n1. The quantitative estimate of drug-likeness (QED) is 0.602. The van der Waals surface area contributed by atoms with Crippen LogP contribution in [-0.2, 0) is 10.0 Å². The highest BCUT2D eigenvalue weighted by atomic mass is 35.5. The van der Waals surface area contributed by atoms with E-state index in [9.17, 15) is 13.2 Å². The fourth-order valence-corrected chi connectivity index (χ4v) is 4.32. The summed E-state index contributed by atoms with van der Waals surface area (Å²) >= 11 is 7.04. The zero-order valence-electron chi connectivity index (χ0n) is 14.0. The Morgan fingerprint density at radius 2 is 1.85 bits per heavy atom. The molecular weight excluding hydrogens is 422 g/mol. The van der Waals surface area contributed by atoms with Crippen LogP contribution < -0.4 is 19.5 Å². The van der Waals surface area contributed by atoms with Crippen molar-refractivity contribution in [1.29, 1.82) is 0 Å². The maximum Gasteiger partial charge on any atom is 0.335 e. The lowest BCUT2D eigenvalue weighted by molar-refractivity contribution is 0.256. The lowest BCUT2D eigenvalue weighted by atomic mass is 10.6. The number of carbonyl (C=O) groups excluding carboxylic acids is 1. The predicted octanol–water partition coefficient (Wildman–Crippen LogP) is 1.07. The maximum absolute atomic E-state index is 12.5. The maximum atomic E-state index is 12.5. The van der Waals surface area contributed by atoms with Gasteiger partial charge in [-0.05, 0) is 6.92 Å². The first-order valence-corrected chi connectivity index (χ1v) is 9.74. The average Bonchev–Trinajstić information content (AvgIpc) is 3.07. The molecule has 0 aliphatic heterocycles. The van der Waals surface area contributed by atoms with E-state index in [1.807, 2.05) is 0 Å². The molecule has 0 radical (unpaired) electrons. The number of aryl methyl sites for hydroxylation is 1. The van der Waals surface area contributed by atoms with Crippen LogP contribution in [-0.4, -0.2) is 53.2 Å². The number of nitrogens with zero attached hydrogens (tertiary/aromatic N) is 5. The first-order chi connectivity index (χ1) is 12.7. The Balaban J connectivity index is 1.85. The molecule has 3 aromatic rings. The summed E-state index contributed by atoms with van der Waals surface area (Å²) in [6.07, 6.45) is 0. The molecular formula is C12H12ClN7O5S2. The zero-order valence-corrected chi connectivity index (χ0v) is 16.4. The van der Waals surface area contributed by atoms with Gasteiger partial charge >= 0.3 is 6.03 Å². The number of sulfonamides is 1. The molecule has 27 heavy (non-hydrogen) atoms. The number of halogens is 1. The monoisotopic (exact) mass is 433 g/mol. The van der Waals surface area contributed by atoms with Gasteiger partial charge in [-0.3, -0.25) is 5.32 Å². The van der Waals surface area contributed by atoms with E-state index < -0.39 is 21.1 Å². The second-order valence-corrected chi connectivity index (χ2v) is 7.97. The fraction of sp³-hybridized carbons (Fsp3) is 0.250. The zero-order chi connectivity index (χ0) is 19.8. The van der Waals surface area contributed by atoms with Crippen molar-refractivity contribution >= 4 is 49.9 Å². The van der Waals surface area contributed by atoms with Gasteiger partial charge in [-0.15, -0.1) is 0 Å². The summed E-state index contributed by atoms with van der Waals surface area (Å²) in [7, 11) is -1.66. The van der Waals surface area contributed by atoms with Crippen LogP contribution in [0.4, 0.5) is 10.7 Å². The molecule has 3 rings (SSSR count). The van der Waals surface area contributed by atoms with E-state index in [-0.39, 0.29) is 27.8 Å². The Morgan fingerprint density at radius 3 is 2.44 bits per heavy atom. The fourth-order valence-electron chi connectivity index (χ4n) is 1.99. The standard InChI is InChI=1S/C12H12ClN7O5S2/c1-5-18-20-9(8(13)16-12(20)26-5)27(22,23)19-11(21)17-10-14-6(24-2)4-7(15-10)25-3/h4H,1-3H3,(H2,14,15,17,19,21). The van der Waals surface area contributed by atoms with Crippen LogP contribution >= 0.6 is 22.9 Å². The van der Waals surface area contributed by atoms with Crippen molar-refractivity contribution in [3.63, 3.8) is 0 Å². The van der Waals surface area contributed by atoms with E-state index in [0.717, 1.165) is 15.9 Å². The molecule has 15 heteroatoms. The third kappa shape index (κ3) is 3.86. The van der Waals surface area contributed by atoms with E-state index in [1.54, 1.807) is 11.6 Å². The lowest BCUT2D eigenvalue weighted by Gasteiger charge is -2.09. The minimum atomic E-state index is -4.38. The number of methoxy groups -OCH3 is 2. The van der Waals surface area contributed by atoms with Crippen molar-refractivity contribution in [2.24, 2.45) is 0 Å². The number of imidazole rings is 1. The Labute approximate surface area is 161 Å². The normalized spacial score (nSPS) is 11.4.